The molecule has 0 aliphatic heterocycles. The van der Waals surface area contributed by atoms with Crippen molar-refractivity contribution in [3.05, 3.63) is 50.3 Å². The Hall–Kier alpha value is -1.49. The van der Waals surface area contributed by atoms with Crippen LogP contribution in [0.25, 0.3) is 0 Å². The maximum absolute atomic E-state index is 12.1. The number of hydrogen-bond acceptors (Lipinski definition) is 2. The summed E-state index contributed by atoms with van der Waals surface area (Å²) in [4.78, 5) is 12.1. The van der Waals surface area contributed by atoms with Gasteiger partial charge in [-0.25, -0.2) is 4.68 Å². The van der Waals surface area contributed by atoms with Crippen LogP contribution >= 0.6 is 15.9 Å². The predicted octanol–water partition coefficient (Wildman–Crippen LogP) is 2.77. The van der Waals surface area contributed by atoms with Gasteiger partial charge >= 0.3 is 0 Å². The summed E-state index contributed by atoms with van der Waals surface area (Å²) >= 11 is 3.48. The second-order valence-electron chi connectivity index (χ2n) is 5.08. The molecule has 19 heavy (non-hydrogen) atoms. The molecule has 0 bridgehead atoms. The van der Waals surface area contributed by atoms with Crippen LogP contribution in [0.15, 0.2) is 33.5 Å². The van der Waals surface area contributed by atoms with Crippen molar-refractivity contribution in [2.24, 2.45) is 5.92 Å². The standard InChI is InChI=1S/C14H18BrN3O/c1-9(2)7-12-13(16)14(19)18(17-12)8-10-5-3-4-6-11(10)15/h3-6,9,17H,7-8,16H2,1-2H3. The second kappa shape index (κ2) is 5.65. The lowest BCUT2D eigenvalue weighted by Crippen LogP contribution is -2.19. The molecule has 0 aliphatic carbocycles. The number of aromatic amines is 1. The van der Waals surface area contributed by atoms with E-state index in [9.17, 15) is 4.79 Å². The van der Waals surface area contributed by atoms with E-state index in [0.717, 1.165) is 22.2 Å². The Morgan fingerprint density at radius 2 is 2.05 bits per heavy atom. The number of rotatable bonds is 4. The van der Waals surface area contributed by atoms with Gasteiger partial charge < -0.3 is 5.73 Å². The van der Waals surface area contributed by atoms with E-state index in [0.29, 0.717) is 18.2 Å². The summed E-state index contributed by atoms with van der Waals surface area (Å²) in [5.74, 6) is 0.456. The summed E-state index contributed by atoms with van der Waals surface area (Å²) in [6.45, 7) is 4.69. The normalized spacial score (nSPS) is 11.2. The Morgan fingerprint density at radius 3 is 2.68 bits per heavy atom. The van der Waals surface area contributed by atoms with Crippen molar-refractivity contribution in [3.63, 3.8) is 0 Å². The Balaban J connectivity index is 2.32. The van der Waals surface area contributed by atoms with Crippen LogP contribution in [0.5, 0.6) is 0 Å². The third-order valence-corrected chi connectivity index (χ3v) is 3.74. The zero-order valence-electron chi connectivity index (χ0n) is 11.1. The third-order valence-electron chi connectivity index (χ3n) is 2.97. The minimum absolute atomic E-state index is 0.147. The first-order valence-electron chi connectivity index (χ1n) is 6.29. The van der Waals surface area contributed by atoms with Crippen molar-refractivity contribution >= 4 is 21.6 Å². The number of nitrogen functional groups attached to an aromatic ring is 1. The Bertz CT molecular complexity index is 628. The third kappa shape index (κ3) is 3.10. The zero-order chi connectivity index (χ0) is 14.0. The largest absolute Gasteiger partial charge is 0.393 e. The van der Waals surface area contributed by atoms with Gasteiger partial charge in [-0.2, -0.15) is 0 Å². The molecule has 0 atom stereocenters. The SMILES string of the molecule is CC(C)Cc1[nH]n(Cc2ccccc2Br)c(=O)c1N. The van der Waals surface area contributed by atoms with E-state index >= 15 is 0 Å². The van der Waals surface area contributed by atoms with E-state index in [2.05, 4.69) is 34.9 Å². The highest BCUT2D eigenvalue weighted by molar-refractivity contribution is 9.10. The molecular formula is C14H18BrN3O. The van der Waals surface area contributed by atoms with Crippen molar-refractivity contribution in [1.82, 2.24) is 9.78 Å². The van der Waals surface area contributed by atoms with E-state index < -0.39 is 0 Å². The van der Waals surface area contributed by atoms with Crippen molar-refractivity contribution in [2.75, 3.05) is 5.73 Å². The number of nitrogens with one attached hydrogen (secondary N) is 1. The molecule has 0 saturated heterocycles. The van der Waals surface area contributed by atoms with Gasteiger partial charge in [-0.1, -0.05) is 48.0 Å². The summed E-state index contributed by atoms with van der Waals surface area (Å²) in [5, 5.41) is 3.12. The molecule has 0 spiro atoms. The summed E-state index contributed by atoms with van der Waals surface area (Å²) in [6.07, 6.45) is 0.782. The fraction of sp³-hybridized carbons (Fsp3) is 0.357. The highest BCUT2D eigenvalue weighted by atomic mass is 79.9. The molecule has 0 fully saturated rings. The molecule has 0 amide bonds. The Kier molecular flexibility index (Phi) is 4.14. The van der Waals surface area contributed by atoms with E-state index in [1.165, 1.54) is 0 Å². The molecule has 1 heterocycles. The van der Waals surface area contributed by atoms with Gasteiger partial charge in [-0.3, -0.25) is 9.89 Å². The van der Waals surface area contributed by atoms with Gasteiger partial charge in [-0.05, 0) is 24.0 Å². The lowest BCUT2D eigenvalue weighted by Gasteiger charge is -2.05. The minimum Gasteiger partial charge on any atom is -0.393 e. The second-order valence-corrected chi connectivity index (χ2v) is 5.94. The molecule has 0 aliphatic rings. The van der Waals surface area contributed by atoms with Gasteiger partial charge in [-0.15, -0.1) is 0 Å². The van der Waals surface area contributed by atoms with Crippen molar-refractivity contribution in [1.29, 1.82) is 0 Å². The number of H-pyrrole nitrogens is 1. The molecule has 0 radical (unpaired) electrons. The molecule has 1 aromatic carbocycles. The summed E-state index contributed by atoms with van der Waals surface area (Å²) in [7, 11) is 0. The maximum Gasteiger partial charge on any atom is 0.290 e. The summed E-state index contributed by atoms with van der Waals surface area (Å²) in [6, 6.07) is 7.84. The first-order chi connectivity index (χ1) is 8.99. The average molecular weight is 324 g/mol. The molecule has 2 aromatic rings. The molecule has 0 unspecified atom stereocenters. The fourth-order valence-electron chi connectivity index (χ4n) is 2.02. The van der Waals surface area contributed by atoms with E-state index in [1.54, 1.807) is 4.68 Å². The molecule has 2 rings (SSSR count). The lowest BCUT2D eigenvalue weighted by molar-refractivity contribution is 0.602. The average Bonchev–Trinajstić information content (AvgIpc) is 2.60. The van der Waals surface area contributed by atoms with Crippen LogP contribution in [0.3, 0.4) is 0 Å². The van der Waals surface area contributed by atoms with Crippen LogP contribution in [0.2, 0.25) is 0 Å². The van der Waals surface area contributed by atoms with Gasteiger partial charge in [0.1, 0.15) is 5.69 Å². The zero-order valence-corrected chi connectivity index (χ0v) is 12.7. The van der Waals surface area contributed by atoms with Crippen LogP contribution in [-0.4, -0.2) is 9.78 Å². The van der Waals surface area contributed by atoms with Crippen LogP contribution in [-0.2, 0) is 13.0 Å². The first kappa shape index (κ1) is 13.9. The molecule has 5 heteroatoms. The number of benzene rings is 1. The predicted molar refractivity (Wildman–Crippen MR) is 81.3 cm³/mol. The number of hydrogen-bond donors (Lipinski definition) is 2. The molecule has 3 N–H and O–H groups in total. The maximum atomic E-state index is 12.1. The highest BCUT2D eigenvalue weighted by Gasteiger charge is 2.13. The van der Waals surface area contributed by atoms with Crippen molar-refractivity contribution in [3.8, 4) is 0 Å². The number of nitrogens with zero attached hydrogens (tertiary/aromatic N) is 1. The van der Waals surface area contributed by atoms with Gasteiger partial charge in [0.05, 0.1) is 12.2 Å². The van der Waals surface area contributed by atoms with Crippen LogP contribution < -0.4 is 11.3 Å². The van der Waals surface area contributed by atoms with Crippen molar-refractivity contribution < 1.29 is 0 Å². The van der Waals surface area contributed by atoms with Gasteiger partial charge in [0.15, 0.2) is 0 Å². The number of anilines is 1. The molecule has 4 nitrogen and oxygen atoms in total. The molecule has 102 valence electrons. The van der Waals surface area contributed by atoms with Gasteiger partial charge in [0, 0.05) is 4.47 Å². The van der Waals surface area contributed by atoms with Gasteiger partial charge in [0.2, 0.25) is 0 Å². The van der Waals surface area contributed by atoms with E-state index in [-0.39, 0.29) is 5.56 Å². The van der Waals surface area contributed by atoms with Gasteiger partial charge in [0.25, 0.3) is 5.56 Å². The highest BCUT2D eigenvalue weighted by Crippen LogP contribution is 2.17. The Morgan fingerprint density at radius 1 is 1.37 bits per heavy atom. The first-order valence-corrected chi connectivity index (χ1v) is 7.09. The molecular weight excluding hydrogens is 306 g/mol. The Labute approximate surface area is 120 Å². The quantitative estimate of drug-likeness (QED) is 0.908. The number of halogens is 1. The molecule has 1 aromatic heterocycles. The summed E-state index contributed by atoms with van der Waals surface area (Å²) in [5.41, 5.74) is 7.92. The van der Waals surface area contributed by atoms with E-state index in [1.807, 2.05) is 24.3 Å². The molecule has 0 saturated carbocycles. The lowest BCUT2D eigenvalue weighted by atomic mass is 10.1. The van der Waals surface area contributed by atoms with Crippen LogP contribution in [0.4, 0.5) is 5.69 Å². The minimum atomic E-state index is -0.147. The smallest absolute Gasteiger partial charge is 0.290 e. The fourth-order valence-corrected chi connectivity index (χ4v) is 2.43. The van der Waals surface area contributed by atoms with Crippen molar-refractivity contribution in [2.45, 2.75) is 26.8 Å². The number of aromatic nitrogens is 2. The topological polar surface area (TPSA) is 63.8 Å². The number of nitrogens with two attached hydrogens (primary N) is 1. The summed E-state index contributed by atoms with van der Waals surface area (Å²) < 4.78 is 2.55. The van der Waals surface area contributed by atoms with E-state index in [4.69, 9.17) is 5.73 Å². The van der Waals surface area contributed by atoms with Crippen LogP contribution in [0.1, 0.15) is 25.1 Å². The van der Waals surface area contributed by atoms with Crippen LogP contribution in [0, 0.1) is 5.92 Å². The monoisotopic (exact) mass is 323 g/mol.